The summed E-state index contributed by atoms with van der Waals surface area (Å²) in [6.45, 7) is 4.18. The minimum Gasteiger partial charge on any atom is -0.481 e. The molecule has 0 saturated heterocycles. The van der Waals surface area contributed by atoms with Crippen molar-refractivity contribution in [2.24, 2.45) is 5.92 Å². The fourth-order valence-corrected chi connectivity index (χ4v) is 1.62. The molecule has 0 aliphatic heterocycles. The average molecular weight is 240 g/mol. The van der Waals surface area contributed by atoms with Crippen LogP contribution in [0.5, 0.6) is 0 Å². The Morgan fingerprint density at radius 3 is 2.33 bits per heavy atom. The van der Waals surface area contributed by atoms with Gasteiger partial charge in [0.05, 0.1) is 12.5 Å². The Hall–Kier alpha value is -0.320. The summed E-state index contributed by atoms with van der Waals surface area (Å²) >= 11 is 0. The van der Waals surface area contributed by atoms with E-state index in [9.17, 15) is 4.79 Å². The number of likely N-dealkylation sites (N-methyl/N-ethyl adjacent to an activating group) is 1. The van der Waals surface area contributed by atoms with Gasteiger partial charge in [-0.25, -0.2) is 0 Å². The van der Waals surface area contributed by atoms with Gasteiger partial charge in [-0.3, -0.25) is 4.79 Å². The van der Waals surface area contributed by atoms with Crippen LogP contribution in [0.15, 0.2) is 0 Å². The fraction of sp³-hybridized carbons (Fsp3) is 0.900. The highest BCUT2D eigenvalue weighted by molar-refractivity contribution is 5.85. The smallest absolute Gasteiger partial charge is 0.306 e. The van der Waals surface area contributed by atoms with Gasteiger partial charge in [-0.2, -0.15) is 0 Å². The van der Waals surface area contributed by atoms with Crippen molar-refractivity contribution in [1.82, 2.24) is 5.32 Å². The first kappa shape index (κ1) is 17.1. The molecule has 0 aromatic heterocycles. The summed E-state index contributed by atoms with van der Waals surface area (Å²) in [5.74, 6) is -0.412. The highest BCUT2D eigenvalue weighted by atomic mass is 35.5. The Balaban J connectivity index is 0. The first-order valence-electron chi connectivity index (χ1n) is 4.98. The number of carbonyl (C=O) groups is 1. The van der Waals surface area contributed by atoms with Crippen molar-refractivity contribution in [3.05, 3.63) is 0 Å². The molecular weight excluding hydrogens is 218 g/mol. The highest BCUT2D eigenvalue weighted by Gasteiger charge is 2.26. The number of aliphatic carboxylic acids is 1. The lowest BCUT2D eigenvalue weighted by molar-refractivity contribution is -0.140. The topological polar surface area (TPSA) is 58.6 Å². The quantitative estimate of drug-likeness (QED) is 0.708. The number of methoxy groups -OCH3 is 1. The molecule has 0 spiro atoms. The summed E-state index contributed by atoms with van der Waals surface area (Å²) < 4.78 is 5.19. The molecule has 0 aromatic carbocycles. The second-order valence-corrected chi connectivity index (χ2v) is 3.57. The Labute approximate surface area is 97.8 Å². The molecule has 0 radical (unpaired) electrons. The third-order valence-electron chi connectivity index (χ3n) is 2.67. The summed E-state index contributed by atoms with van der Waals surface area (Å²) in [6, 6.07) is 0.0982. The molecule has 0 bridgehead atoms. The number of hydrogen-bond acceptors (Lipinski definition) is 3. The second-order valence-electron chi connectivity index (χ2n) is 3.57. The maximum atomic E-state index is 10.6. The van der Waals surface area contributed by atoms with Crippen molar-refractivity contribution >= 4 is 18.4 Å². The minimum atomic E-state index is -0.819. The lowest BCUT2D eigenvalue weighted by atomic mass is 9.93. The van der Waals surface area contributed by atoms with Crippen LogP contribution < -0.4 is 5.32 Å². The van der Waals surface area contributed by atoms with Crippen molar-refractivity contribution in [1.29, 1.82) is 0 Å². The molecule has 0 saturated carbocycles. The van der Waals surface area contributed by atoms with Gasteiger partial charge in [0.25, 0.3) is 0 Å². The number of nitrogens with one attached hydrogen (secondary N) is 1. The molecular formula is C10H22ClNO3. The normalized spacial score (nSPS) is 16.3. The van der Waals surface area contributed by atoms with E-state index < -0.39 is 5.97 Å². The van der Waals surface area contributed by atoms with Gasteiger partial charge in [-0.1, -0.05) is 20.3 Å². The zero-order valence-electron chi connectivity index (χ0n) is 9.82. The molecule has 0 aliphatic carbocycles. The lowest BCUT2D eigenvalue weighted by Gasteiger charge is -2.29. The summed E-state index contributed by atoms with van der Waals surface area (Å²) in [6.07, 6.45) is 0.796. The summed E-state index contributed by atoms with van der Waals surface area (Å²) in [5, 5.41) is 11.8. The molecule has 0 fully saturated rings. The molecule has 0 aromatic rings. The molecule has 0 amide bonds. The number of carboxylic acids is 1. The first-order valence-corrected chi connectivity index (χ1v) is 4.98. The monoisotopic (exact) mass is 239 g/mol. The predicted octanol–water partition coefficient (Wildman–Crippen LogP) is 1.53. The van der Waals surface area contributed by atoms with Crippen LogP contribution in [0, 0.1) is 5.92 Å². The van der Waals surface area contributed by atoms with Crippen LogP contribution in [0.4, 0.5) is 0 Å². The van der Waals surface area contributed by atoms with E-state index in [0.29, 0.717) is 5.92 Å². The lowest BCUT2D eigenvalue weighted by Crippen LogP contribution is -2.44. The Morgan fingerprint density at radius 2 is 2.07 bits per heavy atom. The summed E-state index contributed by atoms with van der Waals surface area (Å²) in [4.78, 5) is 10.6. The summed E-state index contributed by atoms with van der Waals surface area (Å²) in [7, 11) is 3.39. The predicted molar refractivity (Wildman–Crippen MR) is 62.6 cm³/mol. The Morgan fingerprint density at radius 1 is 1.53 bits per heavy atom. The number of hydrogen-bond donors (Lipinski definition) is 2. The van der Waals surface area contributed by atoms with Crippen LogP contribution in [0.1, 0.15) is 26.7 Å². The molecule has 15 heavy (non-hydrogen) atoms. The van der Waals surface area contributed by atoms with Crippen molar-refractivity contribution in [3.63, 3.8) is 0 Å². The molecule has 0 rings (SSSR count). The average Bonchev–Trinajstić information content (AvgIpc) is 2.16. The van der Waals surface area contributed by atoms with Gasteiger partial charge in [0, 0.05) is 13.2 Å². The molecule has 0 aliphatic rings. The van der Waals surface area contributed by atoms with Crippen LogP contribution in [0.25, 0.3) is 0 Å². The van der Waals surface area contributed by atoms with Gasteiger partial charge < -0.3 is 15.2 Å². The summed E-state index contributed by atoms with van der Waals surface area (Å²) in [5.41, 5.74) is 0. The Bertz CT molecular complexity index is 178. The van der Waals surface area contributed by atoms with Crippen molar-refractivity contribution in [2.45, 2.75) is 38.8 Å². The second kappa shape index (κ2) is 8.95. The maximum absolute atomic E-state index is 10.6. The number of carboxylic acid groups (broad SMARTS) is 1. The Kier molecular flexibility index (Phi) is 10.2. The standard InChI is InChI=1S/C10H21NO3.ClH/c1-5-7(2)10(11-3)8(14-4)6-9(12)13;/h7-8,10-11H,5-6H2,1-4H3,(H,12,13);1H/t7-,8-,10+;/m0./s1. The van der Waals surface area contributed by atoms with E-state index in [4.69, 9.17) is 9.84 Å². The maximum Gasteiger partial charge on any atom is 0.306 e. The van der Waals surface area contributed by atoms with Crippen LogP contribution in [0.2, 0.25) is 0 Å². The van der Waals surface area contributed by atoms with Gasteiger partial charge >= 0.3 is 5.97 Å². The van der Waals surface area contributed by atoms with Crippen LogP contribution in [0.3, 0.4) is 0 Å². The van der Waals surface area contributed by atoms with E-state index in [1.807, 2.05) is 7.05 Å². The zero-order valence-corrected chi connectivity index (χ0v) is 10.6. The molecule has 2 N–H and O–H groups in total. The van der Waals surface area contributed by atoms with E-state index in [1.165, 1.54) is 0 Å². The van der Waals surface area contributed by atoms with E-state index in [-0.39, 0.29) is 31.0 Å². The van der Waals surface area contributed by atoms with Gasteiger partial charge in [0.1, 0.15) is 0 Å². The van der Waals surface area contributed by atoms with Crippen molar-refractivity contribution in [3.8, 4) is 0 Å². The number of ether oxygens (including phenoxy) is 1. The van der Waals surface area contributed by atoms with E-state index in [2.05, 4.69) is 19.2 Å². The minimum absolute atomic E-state index is 0. The van der Waals surface area contributed by atoms with Gasteiger partial charge in [0.2, 0.25) is 0 Å². The number of halogens is 1. The molecule has 92 valence electrons. The molecule has 5 heteroatoms. The molecule has 3 atom stereocenters. The molecule has 4 nitrogen and oxygen atoms in total. The van der Waals surface area contributed by atoms with Crippen LogP contribution in [-0.2, 0) is 9.53 Å². The van der Waals surface area contributed by atoms with E-state index in [0.717, 1.165) is 6.42 Å². The first-order chi connectivity index (χ1) is 6.56. The van der Waals surface area contributed by atoms with Crippen molar-refractivity contribution in [2.75, 3.05) is 14.2 Å². The van der Waals surface area contributed by atoms with Crippen LogP contribution >= 0.6 is 12.4 Å². The SMILES string of the molecule is CC[C@H](C)[C@@H](NC)[C@H](CC(=O)O)OC.Cl. The van der Waals surface area contributed by atoms with E-state index >= 15 is 0 Å². The third-order valence-corrected chi connectivity index (χ3v) is 2.67. The fourth-order valence-electron chi connectivity index (χ4n) is 1.62. The highest BCUT2D eigenvalue weighted by Crippen LogP contribution is 2.15. The molecule has 0 unspecified atom stereocenters. The van der Waals surface area contributed by atoms with Gasteiger partial charge in [0.15, 0.2) is 0 Å². The third kappa shape index (κ3) is 5.97. The number of rotatable bonds is 7. The zero-order chi connectivity index (χ0) is 11.1. The molecule has 0 heterocycles. The van der Waals surface area contributed by atoms with Crippen molar-refractivity contribution < 1.29 is 14.6 Å². The van der Waals surface area contributed by atoms with Crippen LogP contribution in [-0.4, -0.2) is 37.4 Å². The largest absolute Gasteiger partial charge is 0.481 e. The van der Waals surface area contributed by atoms with Gasteiger partial charge in [-0.05, 0) is 13.0 Å². The van der Waals surface area contributed by atoms with Gasteiger partial charge in [-0.15, -0.1) is 12.4 Å². The van der Waals surface area contributed by atoms with E-state index in [1.54, 1.807) is 7.11 Å².